The Morgan fingerprint density at radius 3 is 2.17 bits per heavy atom. The summed E-state index contributed by atoms with van der Waals surface area (Å²) >= 11 is 7.80. The molecule has 0 fully saturated rings. The number of thioether (sulfide) groups is 1. The summed E-state index contributed by atoms with van der Waals surface area (Å²) in [7, 11) is 0. The molecule has 0 saturated carbocycles. The van der Waals surface area contributed by atoms with E-state index in [0.29, 0.717) is 5.15 Å². The molecule has 23 heavy (non-hydrogen) atoms. The molecule has 1 aromatic heterocycles. The first-order valence-electron chi connectivity index (χ1n) is 7.54. The number of nitrogens with zero attached hydrogens (tertiary/aromatic N) is 2. The first-order valence-corrected chi connectivity index (χ1v) is 8.90. The second-order valence-corrected chi connectivity index (χ2v) is 6.66. The molecule has 0 bridgehead atoms. The highest BCUT2D eigenvalue weighted by atomic mass is 35.5. The van der Waals surface area contributed by atoms with E-state index in [-0.39, 0.29) is 0 Å². The summed E-state index contributed by atoms with van der Waals surface area (Å²) in [5.41, 5.74) is 3.51. The van der Waals surface area contributed by atoms with Gasteiger partial charge in [0.25, 0.3) is 0 Å². The van der Waals surface area contributed by atoms with Gasteiger partial charge in [-0.15, -0.1) is 0 Å². The third-order valence-corrected chi connectivity index (χ3v) is 4.46. The van der Waals surface area contributed by atoms with E-state index in [1.54, 1.807) is 11.8 Å². The fourth-order valence-electron chi connectivity index (χ4n) is 2.31. The molecule has 4 heteroatoms. The second-order valence-electron chi connectivity index (χ2n) is 5.21. The van der Waals surface area contributed by atoms with Crippen molar-refractivity contribution in [3.63, 3.8) is 0 Å². The molecule has 0 unspecified atom stereocenters. The molecule has 0 aliphatic rings. The number of halogens is 1. The first-order chi connectivity index (χ1) is 11.3. The third-order valence-electron chi connectivity index (χ3n) is 3.42. The maximum absolute atomic E-state index is 6.15. The fourth-order valence-corrected chi connectivity index (χ4v) is 3.43. The lowest BCUT2D eigenvalue weighted by Crippen LogP contribution is -1.98. The third kappa shape index (κ3) is 5.08. The Labute approximate surface area is 146 Å². The Bertz CT molecular complexity index is 748. The van der Waals surface area contributed by atoms with Gasteiger partial charge in [-0.2, -0.15) is 0 Å². The molecule has 2 aromatic carbocycles. The predicted octanol–water partition coefficient (Wildman–Crippen LogP) is 5.06. The molecule has 3 rings (SSSR count). The van der Waals surface area contributed by atoms with Gasteiger partial charge in [-0.1, -0.05) is 84.0 Å². The van der Waals surface area contributed by atoms with Gasteiger partial charge in [0.1, 0.15) is 5.15 Å². The van der Waals surface area contributed by atoms with Crippen LogP contribution < -0.4 is 0 Å². The van der Waals surface area contributed by atoms with Crippen LogP contribution in [-0.2, 0) is 12.8 Å². The van der Waals surface area contributed by atoms with Gasteiger partial charge in [0.05, 0.1) is 5.69 Å². The Balaban J connectivity index is 1.63. The number of hydrogen-bond acceptors (Lipinski definition) is 3. The van der Waals surface area contributed by atoms with Crippen LogP contribution in [0.2, 0.25) is 5.15 Å². The average molecular weight is 341 g/mol. The minimum absolute atomic E-state index is 0.508. The number of aromatic nitrogens is 2. The van der Waals surface area contributed by atoms with Crippen molar-refractivity contribution in [2.24, 2.45) is 0 Å². The summed E-state index contributed by atoms with van der Waals surface area (Å²) in [6, 6.07) is 22.6. The molecular weight excluding hydrogens is 324 g/mol. The molecule has 0 aliphatic heterocycles. The van der Waals surface area contributed by atoms with Crippen LogP contribution in [-0.4, -0.2) is 15.7 Å². The summed E-state index contributed by atoms with van der Waals surface area (Å²) in [6.45, 7) is 0. The van der Waals surface area contributed by atoms with Gasteiger partial charge in [0.15, 0.2) is 5.16 Å². The maximum Gasteiger partial charge on any atom is 0.189 e. The molecule has 0 atom stereocenters. The minimum atomic E-state index is 0.508. The minimum Gasteiger partial charge on any atom is -0.227 e. The SMILES string of the molecule is Clc1cc(Cc2ccccc2)nc(SCCc2ccccc2)n1. The van der Waals surface area contributed by atoms with Crippen molar-refractivity contribution >= 4 is 23.4 Å². The van der Waals surface area contributed by atoms with Crippen molar-refractivity contribution < 1.29 is 0 Å². The fraction of sp³-hybridized carbons (Fsp3) is 0.158. The topological polar surface area (TPSA) is 25.8 Å². The van der Waals surface area contributed by atoms with E-state index in [1.807, 2.05) is 30.3 Å². The lowest BCUT2D eigenvalue weighted by atomic mass is 10.1. The quantitative estimate of drug-likeness (QED) is 0.356. The van der Waals surface area contributed by atoms with Gasteiger partial charge in [-0.05, 0) is 23.6 Å². The van der Waals surface area contributed by atoms with Crippen LogP contribution in [0.5, 0.6) is 0 Å². The van der Waals surface area contributed by atoms with E-state index in [1.165, 1.54) is 11.1 Å². The molecule has 0 saturated heterocycles. The lowest BCUT2D eigenvalue weighted by molar-refractivity contribution is 0.901. The number of benzene rings is 2. The monoisotopic (exact) mass is 340 g/mol. The van der Waals surface area contributed by atoms with Crippen LogP contribution in [0.3, 0.4) is 0 Å². The van der Waals surface area contributed by atoms with E-state index in [2.05, 4.69) is 46.4 Å². The molecule has 0 amide bonds. The van der Waals surface area contributed by atoms with Crippen LogP contribution in [0.1, 0.15) is 16.8 Å². The zero-order valence-electron chi connectivity index (χ0n) is 12.7. The van der Waals surface area contributed by atoms with Crippen molar-refractivity contribution in [2.45, 2.75) is 18.0 Å². The van der Waals surface area contributed by atoms with Crippen LogP contribution in [0.25, 0.3) is 0 Å². The Kier molecular flexibility index (Phi) is 5.67. The van der Waals surface area contributed by atoms with Crippen LogP contribution in [0, 0.1) is 0 Å². The van der Waals surface area contributed by atoms with Crippen molar-refractivity contribution in [2.75, 3.05) is 5.75 Å². The molecule has 0 spiro atoms. The van der Waals surface area contributed by atoms with E-state index < -0.39 is 0 Å². The second kappa shape index (κ2) is 8.14. The Morgan fingerprint density at radius 1 is 0.826 bits per heavy atom. The van der Waals surface area contributed by atoms with Gasteiger partial charge in [-0.3, -0.25) is 0 Å². The summed E-state index contributed by atoms with van der Waals surface area (Å²) < 4.78 is 0. The molecule has 2 nitrogen and oxygen atoms in total. The van der Waals surface area contributed by atoms with E-state index in [9.17, 15) is 0 Å². The van der Waals surface area contributed by atoms with Gasteiger partial charge in [-0.25, -0.2) is 9.97 Å². The molecule has 3 aromatic rings. The first kappa shape index (κ1) is 16.0. The van der Waals surface area contributed by atoms with Gasteiger partial charge < -0.3 is 0 Å². The van der Waals surface area contributed by atoms with E-state index >= 15 is 0 Å². The molecular formula is C19H17ClN2S. The highest BCUT2D eigenvalue weighted by molar-refractivity contribution is 7.99. The average Bonchev–Trinajstić information content (AvgIpc) is 2.56. The highest BCUT2D eigenvalue weighted by Crippen LogP contribution is 2.19. The number of hydrogen-bond donors (Lipinski definition) is 0. The Morgan fingerprint density at radius 2 is 1.48 bits per heavy atom. The van der Waals surface area contributed by atoms with Gasteiger partial charge >= 0.3 is 0 Å². The van der Waals surface area contributed by atoms with Crippen molar-refractivity contribution in [3.05, 3.63) is 88.7 Å². The van der Waals surface area contributed by atoms with E-state index in [4.69, 9.17) is 11.6 Å². The zero-order valence-corrected chi connectivity index (χ0v) is 14.2. The largest absolute Gasteiger partial charge is 0.227 e. The normalized spacial score (nSPS) is 10.7. The summed E-state index contributed by atoms with van der Waals surface area (Å²) in [5, 5.41) is 1.26. The predicted molar refractivity (Wildman–Crippen MR) is 97.2 cm³/mol. The highest BCUT2D eigenvalue weighted by Gasteiger charge is 2.05. The van der Waals surface area contributed by atoms with Crippen LogP contribution in [0.15, 0.2) is 71.9 Å². The summed E-state index contributed by atoms with van der Waals surface area (Å²) in [5.74, 6) is 0.940. The van der Waals surface area contributed by atoms with Crippen molar-refractivity contribution in [1.29, 1.82) is 0 Å². The smallest absolute Gasteiger partial charge is 0.189 e. The van der Waals surface area contributed by atoms with Crippen LogP contribution in [0.4, 0.5) is 0 Å². The van der Waals surface area contributed by atoms with Crippen LogP contribution >= 0.6 is 23.4 Å². The maximum atomic E-state index is 6.15. The summed E-state index contributed by atoms with van der Waals surface area (Å²) in [6.07, 6.45) is 1.77. The molecule has 0 radical (unpaired) electrons. The van der Waals surface area contributed by atoms with Gasteiger partial charge in [0.2, 0.25) is 0 Å². The Hall–Kier alpha value is -1.84. The summed E-state index contributed by atoms with van der Waals surface area (Å²) in [4.78, 5) is 8.95. The molecule has 116 valence electrons. The molecule has 1 heterocycles. The number of rotatable bonds is 6. The van der Waals surface area contributed by atoms with Gasteiger partial charge in [0, 0.05) is 12.2 Å². The van der Waals surface area contributed by atoms with Crippen molar-refractivity contribution in [1.82, 2.24) is 9.97 Å². The van der Waals surface area contributed by atoms with E-state index in [0.717, 1.165) is 29.4 Å². The standard InChI is InChI=1S/C19H17ClN2S/c20-18-14-17(13-16-9-5-2-6-10-16)21-19(22-18)23-12-11-15-7-3-1-4-8-15/h1-10,14H,11-13H2. The zero-order chi connectivity index (χ0) is 15.9. The molecule has 0 N–H and O–H groups in total. The molecule has 0 aliphatic carbocycles. The lowest BCUT2D eigenvalue weighted by Gasteiger charge is -2.05. The van der Waals surface area contributed by atoms with Crippen molar-refractivity contribution in [3.8, 4) is 0 Å². The number of aryl methyl sites for hydroxylation is 1.